The van der Waals surface area contributed by atoms with Crippen molar-refractivity contribution in [1.29, 1.82) is 0 Å². The average Bonchev–Trinajstić information content (AvgIpc) is 3.16. The molecule has 0 radical (unpaired) electrons. The Morgan fingerprint density at radius 2 is 1.93 bits per heavy atom. The molecule has 2 aromatic heterocycles. The molecule has 9 nitrogen and oxygen atoms in total. The number of unbranched alkanes of at least 4 members (excludes halogenated alkanes) is 1. The number of piperazine rings is 1. The summed E-state index contributed by atoms with van der Waals surface area (Å²) in [7, 11) is 0. The molecule has 0 aliphatic carbocycles. The van der Waals surface area contributed by atoms with Gasteiger partial charge in [0.1, 0.15) is 16.5 Å². The molecule has 4 rings (SSSR count). The second kappa shape index (κ2) is 8.57. The number of aromatic nitrogens is 3. The van der Waals surface area contributed by atoms with Crippen molar-refractivity contribution in [3.8, 4) is 0 Å². The minimum absolute atomic E-state index is 0.00184. The predicted octanol–water partition coefficient (Wildman–Crippen LogP) is 3.38. The van der Waals surface area contributed by atoms with Crippen LogP contribution in [0, 0.1) is 10.1 Å². The maximum absolute atomic E-state index is 12.5. The molecule has 30 heavy (non-hydrogen) atoms. The Balaban J connectivity index is 1.52. The Morgan fingerprint density at radius 3 is 2.63 bits per heavy atom. The monoisotopic (exact) mass is 448 g/mol. The van der Waals surface area contributed by atoms with Crippen LogP contribution in [0.25, 0.3) is 4.96 Å². The van der Waals surface area contributed by atoms with Crippen LogP contribution >= 0.6 is 22.9 Å². The molecule has 3 heterocycles. The summed E-state index contributed by atoms with van der Waals surface area (Å²) in [4.78, 5) is 32.7. The van der Waals surface area contributed by atoms with Crippen LogP contribution < -0.4 is 15.4 Å². The van der Waals surface area contributed by atoms with Crippen LogP contribution in [0.2, 0.25) is 5.02 Å². The lowest BCUT2D eigenvalue weighted by atomic mass is 10.2. The van der Waals surface area contributed by atoms with E-state index < -0.39 is 4.92 Å². The van der Waals surface area contributed by atoms with Gasteiger partial charge < -0.3 is 9.80 Å². The number of anilines is 2. The number of aryl methyl sites for hydroxylation is 1. The van der Waals surface area contributed by atoms with Crippen LogP contribution in [0.3, 0.4) is 0 Å². The van der Waals surface area contributed by atoms with Crippen molar-refractivity contribution in [3.05, 3.63) is 54.8 Å². The summed E-state index contributed by atoms with van der Waals surface area (Å²) >= 11 is 7.37. The first-order valence-electron chi connectivity index (χ1n) is 9.80. The van der Waals surface area contributed by atoms with Crippen molar-refractivity contribution in [2.75, 3.05) is 36.0 Å². The van der Waals surface area contributed by atoms with Gasteiger partial charge in [-0.15, -0.1) is 0 Å². The van der Waals surface area contributed by atoms with E-state index in [1.54, 1.807) is 12.1 Å². The number of benzene rings is 1. The number of nitrogens with zero attached hydrogens (tertiary/aromatic N) is 6. The molecule has 1 fully saturated rings. The highest BCUT2D eigenvalue weighted by Gasteiger charge is 2.25. The first-order chi connectivity index (χ1) is 14.5. The molecular weight excluding hydrogens is 428 g/mol. The maximum atomic E-state index is 12.5. The number of nitro groups is 1. The highest BCUT2D eigenvalue weighted by atomic mass is 35.5. The SMILES string of the molecule is CCCCc1nn2c(=O)cc(N3CCN(c4ccc(Cl)cc4[N+](=O)[O-])CC3)nc2s1. The fourth-order valence-corrected chi connectivity index (χ4v) is 4.62. The van der Waals surface area contributed by atoms with Crippen LogP contribution in [0.15, 0.2) is 29.1 Å². The predicted molar refractivity (Wildman–Crippen MR) is 118 cm³/mol. The molecular formula is C19H21ClN6O3S. The lowest BCUT2D eigenvalue weighted by molar-refractivity contribution is -0.384. The van der Waals surface area contributed by atoms with Gasteiger partial charge in [0.05, 0.1) is 4.92 Å². The van der Waals surface area contributed by atoms with E-state index in [9.17, 15) is 14.9 Å². The third kappa shape index (κ3) is 4.10. The minimum Gasteiger partial charge on any atom is -0.362 e. The molecule has 3 aromatic rings. The van der Waals surface area contributed by atoms with Gasteiger partial charge in [-0.3, -0.25) is 14.9 Å². The topological polar surface area (TPSA) is 96.9 Å². The average molecular weight is 449 g/mol. The number of halogens is 1. The van der Waals surface area contributed by atoms with Gasteiger partial charge in [-0.25, -0.2) is 4.98 Å². The number of hydrogen-bond donors (Lipinski definition) is 0. The molecule has 0 spiro atoms. The lowest BCUT2D eigenvalue weighted by Crippen LogP contribution is -2.47. The maximum Gasteiger partial charge on any atom is 0.294 e. The molecule has 0 atom stereocenters. The second-order valence-corrected chi connectivity index (χ2v) is 8.59. The second-order valence-electron chi connectivity index (χ2n) is 7.11. The van der Waals surface area contributed by atoms with E-state index in [0.717, 1.165) is 24.3 Å². The summed E-state index contributed by atoms with van der Waals surface area (Å²) in [6.07, 6.45) is 2.94. The standard InChI is InChI=1S/C19H21ClN6O3S/c1-2-3-4-17-22-25-18(27)12-16(21-19(25)30-17)24-9-7-23(8-10-24)14-6-5-13(20)11-15(14)26(28)29/h5-6,11-12H,2-4,7-10H2,1H3. The number of nitro benzene ring substituents is 1. The molecule has 11 heteroatoms. The zero-order chi connectivity index (χ0) is 21.3. The van der Waals surface area contributed by atoms with Crippen LogP contribution in [0.5, 0.6) is 0 Å². The van der Waals surface area contributed by atoms with Gasteiger partial charge >= 0.3 is 0 Å². The fraction of sp³-hybridized carbons (Fsp3) is 0.421. The van der Waals surface area contributed by atoms with E-state index in [1.807, 2.05) is 9.80 Å². The molecule has 1 aromatic carbocycles. The van der Waals surface area contributed by atoms with Gasteiger partial charge in [-0.2, -0.15) is 9.61 Å². The summed E-state index contributed by atoms with van der Waals surface area (Å²) in [5.41, 5.74) is 0.360. The Hall–Kier alpha value is -2.72. The molecule has 0 saturated carbocycles. The van der Waals surface area contributed by atoms with E-state index >= 15 is 0 Å². The first-order valence-corrected chi connectivity index (χ1v) is 11.0. The smallest absolute Gasteiger partial charge is 0.294 e. The summed E-state index contributed by atoms with van der Waals surface area (Å²) in [6.45, 7) is 4.48. The quantitative estimate of drug-likeness (QED) is 0.421. The minimum atomic E-state index is -0.413. The molecule has 0 N–H and O–H groups in total. The van der Waals surface area contributed by atoms with Gasteiger partial charge in [-0.1, -0.05) is 36.3 Å². The van der Waals surface area contributed by atoms with Crippen molar-refractivity contribution in [1.82, 2.24) is 14.6 Å². The normalized spacial score (nSPS) is 14.5. The lowest BCUT2D eigenvalue weighted by Gasteiger charge is -2.36. The third-order valence-corrected chi connectivity index (χ3v) is 6.30. The van der Waals surface area contributed by atoms with Gasteiger partial charge in [0.2, 0.25) is 4.96 Å². The molecule has 0 bridgehead atoms. The van der Waals surface area contributed by atoms with Gasteiger partial charge in [0, 0.05) is 49.8 Å². The van der Waals surface area contributed by atoms with Gasteiger partial charge in [0.15, 0.2) is 0 Å². The molecule has 1 aliphatic heterocycles. The Labute approximate surface area is 181 Å². The molecule has 158 valence electrons. The zero-order valence-electron chi connectivity index (χ0n) is 16.5. The van der Waals surface area contributed by atoms with Gasteiger partial charge in [0.25, 0.3) is 11.2 Å². The Morgan fingerprint density at radius 1 is 1.20 bits per heavy atom. The van der Waals surface area contributed by atoms with E-state index in [-0.39, 0.29) is 11.2 Å². The Bertz CT molecular complexity index is 1140. The Kier molecular flexibility index (Phi) is 5.87. The van der Waals surface area contributed by atoms with Crippen LogP contribution in [0.1, 0.15) is 24.8 Å². The number of rotatable bonds is 6. The number of hydrogen-bond acceptors (Lipinski definition) is 8. The van der Waals surface area contributed by atoms with Crippen molar-refractivity contribution in [2.24, 2.45) is 0 Å². The van der Waals surface area contributed by atoms with Crippen molar-refractivity contribution in [2.45, 2.75) is 26.2 Å². The largest absolute Gasteiger partial charge is 0.362 e. The van der Waals surface area contributed by atoms with Crippen LogP contribution in [-0.2, 0) is 6.42 Å². The summed E-state index contributed by atoms with van der Waals surface area (Å²) < 4.78 is 1.37. The first kappa shape index (κ1) is 20.5. The zero-order valence-corrected chi connectivity index (χ0v) is 18.0. The van der Waals surface area contributed by atoms with Crippen molar-refractivity contribution < 1.29 is 4.92 Å². The van der Waals surface area contributed by atoms with E-state index in [1.165, 1.54) is 28.0 Å². The summed E-state index contributed by atoms with van der Waals surface area (Å²) in [6, 6.07) is 6.23. The molecule has 1 saturated heterocycles. The summed E-state index contributed by atoms with van der Waals surface area (Å²) in [5, 5.41) is 17.0. The van der Waals surface area contributed by atoms with Crippen LogP contribution in [-0.4, -0.2) is 45.7 Å². The fourth-order valence-electron chi connectivity index (χ4n) is 3.52. The highest BCUT2D eigenvalue weighted by molar-refractivity contribution is 7.16. The van der Waals surface area contributed by atoms with Crippen molar-refractivity contribution >= 4 is 45.1 Å². The van der Waals surface area contributed by atoms with E-state index in [4.69, 9.17) is 11.6 Å². The van der Waals surface area contributed by atoms with E-state index in [0.29, 0.717) is 47.7 Å². The van der Waals surface area contributed by atoms with E-state index in [2.05, 4.69) is 17.0 Å². The number of fused-ring (bicyclic) bond motifs is 1. The molecule has 0 unspecified atom stereocenters. The van der Waals surface area contributed by atoms with Crippen molar-refractivity contribution in [3.63, 3.8) is 0 Å². The van der Waals surface area contributed by atoms with Gasteiger partial charge in [-0.05, 0) is 18.6 Å². The molecule has 1 aliphatic rings. The highest BCUT2D eigenvalue weighted by Crippen LogP contribution is 2.32. The van der Waals surface area contributed by atoms with Crippen LogP contribution in [0.4, 0.5) is 17.2 Å². The summed E-state index contributed by atoms with van der Waals surface area (Å²) in [5.74, 6) is 0.621. The third-order valence-electron chi connectivity index (χ3n) is 5.10. The molecule has 0 amide bonds.